The molecule has 1 aromatic rings. The van der Waals surface area contributed by atoms with E-state index in [0.717, 1.165) is 18.7 Å². The highest BCUT2D eigenvalue weighted by atomic mass is 16.1. The molecule has 3 rings (SSSR count). The number of carbonyl (C=O) groups excluding carboxylic acids is 1. The number of rotatable bonds is 4. The molecule has 0 aromatic carbocycles. The molecular formula is C15H21N3O. The third kappa shape index (κ3) is 3.25. The van der Waals surface area contributed by atoms with Gasteiger partial charge in [-0.25, -0.2) is 4.98 Å². The van der Waals surface area contributed by atoms with Crippen molar-refractivity contribution in [2.45, 2.75) is 57.0 Å². The van der Waals surface area contributed by atoms with Crippen molar-refractivity contribution >= 4 is 11.7 Å². The van der Waals surface area contributed by atoms with E-state index in [1.165, 1.54) is 32.1 Å². The maximum Gasteiger partial charge on any atom is 0.255 e. The first kappa shape index (κ1) is 12.5. The third-order valence-corrected chi connectivity index (χ3v) is 3.91. The monoisotopic (exact) mass is 259 g/mol. The molecule has 2 aliphatic rings. The average Bonchev–Trinajstić information content (AvgIpc) is 3.24. The highest BCUT2D eigenvalue weighted by Crippen LogP contribution is 2.25. The Hall–Kier alpha value is -1.58. The Balaban J connectivity index is 1.67. The topological polar surface area (TPSA) is 54.0 Å². The van der Waals surface area contributed by atoms with E-state index in [4.69, 9.17) is 0 Å². The fourth-order valence-corrected chi connectivity index (χ4v) is 2.63. The van der Waals surface area contributed by atoms with Crippen LogP contribution < -0.4 is 10.6 Å². The van der Waals surface area contributed by atoms with Gasteiger partial charge in [-0.1, -0.05) is 19.3 Å². The molecule has 0 bridgehead atoms. The molecule has 19 heavy (non-hydrogen) atoms. The number of carbonyl (C=O) groups is 1. The van der Waals surface area contributed by atoms with Crippen molar-refractivity contribution in [1.82, 2.24) is 10.3 Å². The lowest BCUT2D eigenvalue weighted by Crippen LogP contribution is -2.36. The maximum atomic E-state index is 12.3. The number of nitrogens with one attached hydrogen (secondary N) is 2. The van der Waals surface area contributed by atoms with Gasteiger partial charge in [0.2, 0.25) is 0 Å². The molecule has 2 aliphatic carbocycles. The van der Waals surface area contributed by atoms with E-state index in [2.05, 4.69) is 15.6 Å². The van der Waals surface area contributed by atoms with Crippen LogP contribution in [0.25, 0.3) is 0 Å². The Kier molecular flexibility index (Phi) is 3.67. The van der Waals surface area contributed by atoms with E-state index in [0.29, 0.717) is 17.6 Å². The molecule has 102 valence electrons. The van der Waals surface area contributed by atoms with E-state index < -0.39 is 0 Å². The van der Waals surface area contributed by atoms with Crippen LogP contribution in [0.1, 0.15) is 55.3 Å². The minimum absolute atomic E-state index is 0.0168. The minimum atomic E-state index is 0.0168. The summed E-state index contributed by atoms with van der Waals surface area (Å²) in [6, 6.07) is 4.54. The van der Waals surface area contributed by atoms with Gasteiger partial charge in [-0.15, -0.1) is 0 Å². The van der Waals surface area contributed by atoms with Crippen LogP contribution in [0.4, 0.5) is 5.82 Å². The van der Waals surface area contributed by atoms with Crippen LogP contribution >= 0.6 is 0 Å². The second-order valence-electron chi connectivity index (χ2n) is 5.63. The van der Waals surface area contributed by atoms with Crippen molar-refractivity contribution in [3.63, 3.8) is 0 Å². The van der Waals surface area contributed by atoms with Gasteiger partial charge in [-0.2, -0.15) is 0 Å². The van der Waals surface area contributed by atoms with Crippen molar-refractivity contribution in [2.24, 2.45) is 0 Å². The lowest BCUT2D eigenvalue weighted by molar-refractivity contribution is 0.0928. The standard InChI is InChI=1S/C15H21N3O/c19-15(18-11-5-2-1-3-6-11)13-7-4-10-16-14(13)17-12-8-9-12/h4,7,10-12H,1-3,5-6,8-9H2,(H,16,17)(H,18,19). The summed E-state index contributed by atoms with van der Waals surface area (Å²) in [5.74, 6) is 0.751. The van der Waals surface area contributed by atoms with E-state index in [-0.39, 0.29) is 5.91 Å². The number of amides is 1. The van der Waals surface area contributed by atoms with Gasteiger partial charge < -0.3 is 10.6 Å². The summed E-state index contributed by atoms with van der Waals surface area (Å²) in [7, 11) is 0. The molecule has 2 saturated carbocycles. The maximum absolute atomic E-state index is 12.3. The van der Waals surface area contributed by atoms with Crippen molar-refractivity contribution in [1.29, 1.82) is 0 Å². The van der Waals surface area contributed by atoms with E-state index >= 15 is 0 Å². The van der Waals surface area contributed by atoms with E-state index in [1.54, 1.807) is 6.20 Å². The molecule has 4 nitrogen and oxygen atoms in total. The first-order chi connectivity index (χ1) is 9.33. The van der Waals surface area contributed by atoms with Crippen molar-refractivity contribution in [3.8, 4) is 0 Å². The summed E-state index contributed by atoms with van der Waals surface area (Å²) in [5, 5.41) is 6.48. The molecule has 4 heteroatoms. The zero-order valence-electron chi connectivity index (χ0n) is 11.2. The molecule has 1 amide bonds. The summed E-state index contributed by atoms with van der Waals surface area (Å²) < 4.78 is 0. The molecule has 0 radical (unpaired) electrons. The van der Waals surface area contributed by atoms with Crippen molar-refractivity contribution < 1.29 is 4.79 Å². The van der Waals surface area contributed by atoms with Gasteiger partial charge in [0.1, 0.15) is 5.82 Å². The van der Waals surface area contributed by atoms with Gasteiger partial charge in [0.05, 0.1) is 5.56 Å². The first-order valence-electron chi connectivity index (χ1n) is 7.35. The summed E-state index contributed by atoms with van der Waals surface area (Å²) in [5.41, 5.74) is 0.681. The largest absolute Gasteiger partial charge is 0.367 e. The number of hydrogen-bond donors (Lipinski definition) is 2. The summed E-state index contributed by atoms with van der Waals surface area (Å²) >= 11 is 0. The third-order valence-electron chi connectivity index (χ3n) is 3.91. The molecule has 1 heterocycles. The number of nitrogens with zero attached hydrogens (tertiary/aromatic N) is 1. The molecule has 0 atom stereocenters. The Bertz CT molecular complexity index is 450. The van der Waals surface area contributed by atoms with Crippen LogP contribution in [0.15, 0.2) is 18.3 Å². The molecule has 0 saturated heterocycles. The molecule has 0 unspecified atom stereocenters. The predicted molar refractivity (Wildman–Crippen MR) is 75.2 cm³/mol. The number of pyridine rings is 1. The van der Waals surface area contributed by atoms with E-state index in [1.807, 2.05) is 12.1 Å². The molecule has 0 spiro atoms. The molecule has 1 aromatic heterocycles. The van der Waals surface area contributed by atoms with Gasteiger partial charge in [-0.3, -0.25) is 4.79 Å². The van der Waals surface area contributed by atoms with Gasteiger partial charge in [-0.05, 0) is 37.8 Å². The lowest BCUT2D eigenvalue weighted by Gasteiger charge is -2.23. The smallest absolute Gasteiger partial charge is 0.255 e. The molecule has 2 N–H and O–H groups in total. The fraction of sp³-hybridized carbons (Fsp3) is 0.600. The Labute approximate surface area is 114 Å². The van der Waals surface area contributed by atoms with Crippen LogP contribution in [0.5, 0.6) is 0 Å². The predicted octanol–water partition coefficient (Wildman–Crippen LogP) is 2.72. The van der Waals surface area contributed by atoms with E-state index in [9.17, 15) is 4.79 Å². The minimum Gasteiger partial charge on any atom is -0.367 e. The van der Waals surface area contributed by atoms with Gasteiger partial charge in [0.25, 0.3) is 5.91 Å². The number of anilines is 1. The van der Waals surface area contributed by atoms with Crippen LogP contribution in [0, 0.1) is 0 Å². The van der Waals surface area contributed by atoms with Crippen LogP contribution in [0.2, 0.25) is 0 Å². The second kappa shape index (κ2) is 5.59. The highest BCUT2D eigenvalue weighted by molar-refractivity contribution is 5.98. The van der Waals surface area contributed by atoms with Gasteiger partial charge >= 0.3 is 0 Å². The molecule has 2 fully saturated rings. The Morgan fingerprint density at radius 3 is 2.63 bits per heavy atom. The summed E-state index contributed by atoms with van der Waals surface area (Å²) in [6.07, 6.45) is 10.1. The van der Waals surface area contributed by atoms with Crippen LogP contribution in [-0.2, 0) is 0 Å². The van der Waals surface area contributed by atoms with Crippen LogP contribution in [-0.4, -0.2) is 23.0 Å². The fourth-order valence-electron chi connectivity index (χ4n) is 2.63. The normalized spacial score (nSPS) is 20.0. The quantitative estimate of drug-likeness (QED) is 0.874. The number of aromatic nitrogens is 1. The highest BCUT2D eigenvalue weighted by Gasteiger charge is 2.24. The zero-order chi connectivity index (χ0) is 13.1. The SMILES string of the molecule is O=C(NC1CCCCC1)c1cccnc1NC1CC1. The Morgan fingerprint density at radius 2 is 1.89 bits per heavy atom. The van der Waals surface area contributed by atoms with Gasteiger partial charge in [0.15, 0.2) is 0 Å². The number of hydrogen-bond acceptors (Lipinski definition) is 3. The van der Waals surface area contributed by atoms with Crippen LogP contribution in [0.3, 0.4) is 0 Å². The summed E-state index contributed by atoms with van der Waals surface area (Å²) in [4.78, 5) is 16.6. The van der Waals surface area contributed by atoms with Gasteiger partial charge in [0, 0.05) is 18.3 Å². The first-order valence-corrected chi connectivity index (χ1v) is 7.35. The molecular weight excluding hydrogens is 238 g/mol. The van der Waals surface area contributed by atoms with Crippen molar-refractivity contribution in [3.05, 3.63) is 23.9 Å². The zero-order valence-corrected chi connectivity index (χ0v) is 11.2. The average molecular weight is 259 g/mol. The second-order valence-corrected chi connectivity index (χ2v) is 5.63. The molecule has 0 aliphatic heterocycles. The summed E-state index contributed by atoms with van der Waals surface area (Å²) in [6.45, 7) is 0. The van der Waals surface area contributed by atoms with Crippen molar-refractivity contribution in [2.75, 3.05) is 5.32 Å². The Morgan fingerprint density at radius 1 is 1.11 bits per heavy atom. The lowest BCUT2D eigenvalue weighted by atomic mass is 9.95.